The van der Waals surface area contributed by atoms with Crippen molar-refractivity contribution in [3.63, 3.8) is 0 Å². The quantitative estimate of drug-likeness (QED) is 0.377. The Kier molecular flexibility index (Phi) is 6.41. The maximum Gasteiger partial charge on any atom is 0.205 e. The van der Waals surface area contributed by atoms with Crippen LogP contribution in [0.15, 0.2) is 47.1 Å². The molecule has 2 fully saturated rings. The molecule has 2 aromatic carbocycles. The highest BCUT2D eigenvalue weighted by Crippen LogP contribution is 2.49. The normalized spacial score (nSPS) is 20.7. The third-order valence-electron chi connectivity index (χ3n) is 7.13. The zero-order chi connectivity index (χ0) is 22.8. The van der Waals surface area contributed by atoms with Crippen molar-refractivity contribution in [3.05, 3.63) is 59.4 Å². The van der Waals surface area contributed by atoms with Crippen molar-refractivity contribution in [3.8, 4) is 11.5 Å². The van der Waals surface area contributed by atoms with E-state index in [-0.39, 0.29) is 5.78 Å². The summed E-state index contributed by atoms with van der Waals surface area (Å²) in [6.07, 6.45) is 6.57. The number of Topliss-reactive ketones (excluding diaryl/α,β-unsaturated/α-hetero) is 1. The molecule has 0 unspecified atom stereocenters. The second-order valence-electron chi connectivity index (χ2n) is 9.45. The van der Waals surface area contributed by atoms with Crippen molar-refractivity contribution < 1.29 is 18.7 Å². The lowest BCUT2D eigenvalue weighted by Crippen LogP contribution is -2.33. The van der Waals surface area contributed by atoms with Gasteiger partial charge in [-0.1, -0.05) is 36.8 Å². The minimum atomic E-state index is -0.0120. The Morgan fingerprint density at radius 1 is 1.06 bits per heavy atom. The summed E-state index contributed by atoms with van der Waals surface area (Å²) in [7, 11) is 0. The highest BCUT2D eigenvalue weighted by Gasteiger charge is 2.39. The van der Waals surface area contributed by atoms with E-state index in [9.17, 15) is 4.79 Å². The van der Waals surface area contributed by atoms with Gasteiger partial charge in [-0.25, -0.2) is 0 Å². The molecule has 2 aliphatic rings. The van der Waals surface area contributed by atoms with Gasteiger partial charge in [0.1, 0.15) is 6.61 Å². The summed E-state index contributed by atoms with van der Waals surface area (Å²) in [6, 6.07) is 12.5. The van der Waals surface area contributed by atoms with Gasteiger partial charge in [-0.2, -0.15) is 0 Å². The summed E-state index contributed by atoms with van der Waals surface area (Å²) < 4.78 is 18.5. The first-order valence-corrected chi connectivity index (χ1v) is 12.2. The molecular weight excluding hydrogens is 414 g/mol. The van der Waals surface area contributed by atoms with Crippen LogP contribution < -0.4 is 9.47 Å². The number of hydrogen-bond donors (Lipinski definition) is 0. The van der Waals surface area contributed by atoms with Gasteiger partial charge in [-0.15, -0.1) is 0 Å². The van der Waals surface area contributed by atoms with Crippen LogP contribution in [0.25, 0.3) is 11.0 Å². The van der Waals surface area contributed by atoms with Crippen LogP contribution >= 0.6 is 0 Å². The molecule has 3 aromatic rings. The summed E-state index contributed by atoms with van der Waals surface area (Å²) in [4.78, 5) is 15.1. The minimum absolute atomic E-state index is 0.0120. The standard InChI is InChI=1S/C28H33NO4/c1-19-23-11-15-31-26(23)28(33-18-22-17-24(22)21-9-5-3-6-10-21)27(25(19)20(2)30)32-16-14-29-12-7-4-8-13-29/h3,5-6,9-11,15,22,24H,4,7-8,12-14,16-18H2,1-2H3/t22-,24-/m1/s1. The molecule has 1 aliphatic carbocycles. The highest BCUT2D eigenvalue weighted by molar-refractivity contribution is 6.05. The van der Waals surface area contributed by atoms with E-state index in [0.717, 1.165) is 37.0 Å². The van der Waals surface area contributed by atoms with Crippen LogP contribution in [-0.2, 0) is 0 Å². The van der Waals surface area contributed by atoms with Crippen LogP contribution in [0.2, 0.25) is 0 Å². The number of nitrogens with zero attached hydrogens (tertiary/aromatic N) is 1. The Morgan fingerprint density at radius 2 is 1.85 bits per heavy atom. The molecule has 0 radical (unpaired) electrons. The number of fused-ring (bicyclic) bond motifs is 1. The fourth-order valence-corrected chi connectivity index (χ4v) is 5.19. The Balaban J connectivity index is 1.38. The van der Waals surface area contributed by atoms with Gasteiger partial charge >= 0.3 is 0 Å². The van der Waals surface area contributed by atoms with Crippen LogP contribution in [0, 0.1) is 12.8 Å². The number of aryl methyl sites for hydroxylation is 1. The molecule has 0 spiro atoms. The molecule has 33 heavy (non-hydrogen) atoms. The maximum atomic E-state index is 12.7. The monoisotopic (exact) mass is 447 g/mol. The molecule has 174 valence electrons. The molecule has 1 aromatic heterocycles. The van der Waals surface area contributed by atoms with Crippen LogP contribution in [0.3, 0.4) is 0 Å². The van der Waals surface area contributed by atoms with Gasteiger partial charge in [0.05, 0.1) is 18.4 Å². The third-order valence-corrected chi connectivity index (χ3v) is 7.13. The number of furan rings is 1. The summed E-state index contributed by atoms with van der Waals surface area (Å²) in [5, 5.41) is 0.911. The van der Waals surface area contributed by atoms with Crippen molar-refractivity contribution in [1.82, 2.24) is 4.90 Å². The van der Waals surface area contributed by atoms with Crippen LogP contribution in [0.1, 0.15) is 60.0 Å². The molecule has 5 nitrogen and oxygen atoms in total. The van der Waals surface area contributed by atoms with Crippen molar-refractivity contribution in [2.24, 2.45) is 5.92 Å². The third kappa shape index (κ3) is 4.65. The molecule has 0 N–H and O–H groups in total. The molecule has 0 bridgehead atoms. The van der Waals surface area contributed by atoms with Crippen molar-refractivity contribution in [2.45, 2.75) is 45.4 Å². The van der Waals surface area contributed by atoms with E-state index >= 15 is 0 Å². The smallest absolute Gasteiger partial charge is 0.205 e. The van der Waals surface area contributed by atoms with Crippen molar-refractivity contribution in [1.29, 1.82) is 0 Å². The molecule has 2 atom stereocenters. The molecule has 1 saturated carbocycles. The number of carbonyl (C=O) groups excluding carboxylic acids is 1. The van der Waals surface area contributed by atoms with Gasteiger partial charge in [-0.3, -0.25) is 9.69 Å². The first kappa shape index (κ1) is 22.0. The topological polar surface area (TPSA) is 51.9 Å². The average molecular weight is 448 g/mol. The van der Waals surface area contributed by atoms with Crippen LogP contribution in [0.4, 0.5) is 0 Å². The molecule has 5 rings (SSSR count). The second kappa shape index (κ2) is 9.60. The fraction of sp³-hybridized carbons (Fsp3) is 0.464. The lowest BCUT2D eigenvalue weighted by atomic mass is 9.99. The summed E-state index contributed by atoms with van der Waals surface area (Å²) in [5.41, 5.74) is 3.52. The lowest BCUT2D eigenvalue weighted by molar-refractivity contribution is 0.101. The number of ketones is 1. The number of hydrogen-bond acceptors (Lipinski definition) is 5. The average Bonchev–Trinajstić information content (AvgIpc) is 3.44. The Morgan fingerprint density at radius 3 is 2.61 bits per heavy atom. The molecule has 0 amide bonds. The first-order valence-electron chi connectivity index (χ1n) is 12.2. The number of rotatable bonds is 9. The number of piperidine rings is 1. The number of ether oxygens (including phenoxy) is 2. The lowest BCUT2D eigenvalue weighted by Gasteiger charge is -2.26. The zero-order valence-electron chi connectivity index (χ0n) is 19.6. The van der Waals surface area contributed by atoms with Crippen LogP contribution in [0.5, 0.6) is 11.5 Å². The SMILES string of the molecule is CC(=O)c1c(OCCN2CCCCC2)c(OC[C@H]2C[C@@H]2c2ccccc2)c2occc2c1C. The summed E-state index contributed by atoms with van der Waals surface area (Å²) in [5.74, 6) is 2.08. The Hall–Kier alpha value is -2.79. The van der Waals surface area contributed by atoms with Gasteiger partial charge in [-0.05, 0) is 69.3 Å². The van der Waals surface area contributed by atoms with Gasteiger partial charge in [0.25, 0.3) is 0 Å². The Labute approximate surface area is 195 Å². The largest absolute Gasteiger partial charge is 0.487 e. The van der Waals surface area contributed by atoms with Crippen molar-refractivity contribution in [2.75, 3.05) is 32.8 Å². The van der Waals surface area contributed by atoms with E-state index in [1.807, 2.05) is 19.1 Å². The highest BCUT2D eigenvalue weighted by atomic mass is 16.5. The van der Waals surface area contributed by atoms with E-state index in [4.69, 9.17) is 13.9 Å². The Bertz CT molecular complexity index is 1110. The van der Waals surface area contributed by atoms with E-state index < -0.39 is 0 Å². The molecular formula is C28H33NO4. The minimum Gasteiger partial charge on any atom is -0.487 e. The summed E-state index contributed by atoms with van der Waals surface area (Å²) >= 11 is 0. The molecule has 1 aliphatic heterocycles. The molecule has 1 saturated heterocycles. The number of likely N-dealkylation sites (tertiary alicyclic amines) is 1. The van der Waals surface area contributed by atoms with Gasteiger partial charge in [0.15, 0.2) is 17.1 Å². The number of carbonyl (C=O) groups is 1. The second-order valence-corrected chi connectivity index (χ2v) is 9.45. The van der Waals surface area contributed by atoms with E-state index in [1.54, 1.807) is 13.2 Å². The first-order chi connectivity index (χ1) is 16.1. The van der Waals surface area contributed by atoms with E-state index in [0.29, 0.717) is 47.7 Å². The van der Waals surface area contributed by atoms with Crippen molar-refractivity contribution >= 4 is 16.8 Å². The van der Waals surface area contributed by atoms with Gasteiger partial charge in [0, 0.05) is 17.8 Å². The van der Waals surface area contributed by atoms with Gasteiger partial charge in [0.2, 0.25) is 5.75 Å². The van der Waals surface area contributed by atoms with E-state index in [1.165, 1.54) is 24.8 Å². The maximum absolute atomic E-state index is 12.7. The van der Waals surface area contributed by atoms with Gasteiger partial charge < -0.3 is 13.9 Å². The predicted octanol–water partition coefficient (Wildman–Crippen LogP) is 5.99. The predicted molar refractivity (Wildman–Crippen MR) is 130 cm³/mol. The van der Waals surface area contributed by atoms with Crippen LogP contribution in [-0.4, -0.2) is 43.5 Å². The number of benzene rings is 2. The zero-order valence-corrected chi connectivity index (χ0v) is 19.6. The summed E-state index contributed by atoms with van der Waals surface area (Å²) in [6.45, 7) is 7.75. The van der Waals surface area contributed by atoms with E-state index in [2.05, 4.69) is 29.2 Å². The fourth-order valence-electron chi connectivity index (χ4n) is 5.19. The molecule has 5 heteroatoms. The molecule has 2 heterocycles.